The molecule has 1 aliphatic rings. The second-order valence-electron chi connectivity index (χ2n) is 7.82. The zero-order chi connectivity index (χ0) is 24.9. The van der Waals surface area contributed by atoms with Gasteiger partial charge in [0.1, 0.15) is 0 Å². The number of hydrogen-bond acceptors (Lipinski definition) is 4. The first kappa shape index (κ1) is 25.0. The third-order valence-electron chi connectivity index (χ3n) is 5.51. The first-order chi connectivity index (χ1) is 16.1. The fraction of sp³-hybridized carbons (Fsp3) is 0.292. The number of imidazole rings is 1. The van der Waals surface area contributed by atoms with E-state index in [0.717, 1.165) is 48.7 Å². The Morgan fingerprint density at radius 1 is 1.03 bits per heavy atom. The van der Waals surface area contributed by atoms with Crippen LogP contribution in [0.25, 0.3) is 5.69 Å². The minimum absolute atomic E-state index is 0.0718. The molecule has 3 N–H and O–H groups in total. The molecule has 0 bridgehead atoms. The van der Waals surface area contributed by atoms with Crippen molar-refractivity contribution in [3.05, 3.63) is 76.9 Å². The molecule has 10 heteroatoms. The molecule has 0 unspecified atom stereocenters. The summed E-state index contributed by atoms with van der Waals surface area (Å²) >= 11 is 0. The monoisotopic (exact) mass is 474 g/mol. The Kier molecular flexibility index (Phi) is 7.72. The zero-order valence-corrected chi connectivity index (χ0v) is 18.7. The summed E-state index contributed by atoms with van der Waals surface area (Å²) in [7, 11) is 0. The number of carbonyl (C=O) groups is 2. The molecule has 1 aromatic heterocycles. The summed E-state index contributed by atoms with van der Waals surface area (Å²) in [5, 5.41) is 13.5. The van der Waals surface area contributed by atoms with Crippen molar-refractivity contribution in [2.24, 2.45) is 0 Å². The Hall–Kier alpha value is -3.66. The highest BCUT2D eigenvalue weighted by atomic mass is 19.4. The second kappa shape index (κ2) is 10.5. The number of hydrogen-bond donors (Lipinski definition) is 3. The smallest absolute Gasteiger partial charge is 0.475 e. The lowest BCUT2D eigenvalue weighted by Crippen LogP contribution is -2.21. The summed E-state index contributed by atoms with van der Waals surface area (Å²) in [5.74, 6) is -2.83. The van der Waals surface area contributed by atoms with Crippen LogP contribution < -0.4 is 10.6 Å². The van der Waals surface area contributed by atoms with Gasteiger partial charge in [-0.3, -0.25) is 4.79 Å². The van der Waals surface area contributed by atoms with E-state index in [9.17, 15) is 18.0 Å². The number of nitrogens with zero attached hydrogens (tertiary/aromatic N) is 2. The first-order valence-corrected chi connectivity index (χ1v) is 10.6. The van der Waals surface area contributed by atoms with Crippen molar-refractivity contribution in [1.29, 1.82) is 0 Å². The van der Waals surface area contributed by atoms with Gasteiger partial charge in [0, 0.05) is 22.6 Å². The molecule has 0 saturated heterocycles. The number of rotatable bonds is 3. The topological polar surface area (TPSA) is 96.3 Å². The second-order valence-corrected chi connectivity index (χ2v) is 7.82. The normalized spacial score (nSPS) is 13.2. The van der Waals surface area contributed by atoms with Crippen LogP contribution in [0.3, 0.4) is 0 Å². The van der Waals surface area contributed by atoms with Crippen LogP contribution in [-0.2, 0) is 17.6 Å². The molecular formula is C24H25F3N4O3. The van der Waals surface area contributed by atoms with Crippen molar-refractivity contribution in [2.75, 3.05) is 18.4 Å². The van der Waals surface area contributed by atoms with E-state index in [1.54, 1.807) is 0 Å². The van der Waals surface area contributed by atoms with Crippen molar-refractivity contribution in [3.63, 3.8) is 0 Å². The maximum atomic E-state index is 12.7. The molecule has 0 spiro atoms. The van der Waals surface area contributed by atoms with Crippen LogP contribution in [0.2, 0.25) is 0 Å². The number of fused-ring (bicyclic) bond motifs is 1. The molecule has 7 nitrogen and oxygen atoms in total. The summed E-state index contributed by atoms with van der Waals surface area (Å²) in [6.07, 6.45) is -1.27. The standard InChI is InChI=1S/C22H24N4O.C2HF3O2/c1-15-16(2)26(14-24-15)21-7-5-20(6-8-21)25-22(27)19-4-3-17-9-11-23-12-10-18(17)13-19;3-2(4,5)1(6)7/h3-8,13-14,23H,9-12H2,1-2H3,(H,25,27);(H,6,7). The van der Waals surface area contributed by atoms with Gasteiger partial charge < -0.3 is 20.3 Å². The lowest BCUT2D eigenvalue weighted by molar-refractivity contribution is -0.192. The van der Waals surface area contributed by atoms with E-state index in [-0.39, 0.29) is 5.91 Å². The van der Waals surface area contributed by atoms with E-state index in [0.29, 0.717) is 5.56 Å². The molecule has 1 aliphatic heterocycles. The molecule has 0 radical (unpaired) electrons. The van der Waals surface area contributed by atoms with Crippen LogP contribution in [0.5, 0.6) is 0 Å². The van der Waals surface area contributed by atoms with E-state index in [1.807, 2.05) is 61.1 Å². The van der Waals surface area contributed by atoms with Gasteiger partial charge in [-0.1, -0.05) is 6.07 Å². The van der Waals surface area contributed by atoms with Gasteiger partial charge in [0.25, 0.3) is 5.91 Å². The summed E-state index contributed by atoms with van der Waals surface area (Å²) in [6, 6.07) is 13.9. The van der Waals surface area contributed by atoms with Crippen LogP contribution in [0.4, 0.5) is 18.9 Å². The number of aryl methyl sites for hydroxylation is 1. The van der Waals surface area contributed by atoms with Crippen molar-refractivity contribution in [2.45, 2.75) is 32.9 Å². The lowest BCUT2D eigenvalue weighted by Gasteiger charge is -2.10. The molecule has 1 amide bonds. The van der Waals surface area contributed by atoms with E-state index in [1.165, 1.54) is 11.1 Å². The third-order valence-corrected chi connectivity index (χ3v) is 5.51. The predicted octanol–water partition coefficient (Wildman–Crippen LogP) is 4.06. The third kappa shape index (κ3) is 6.22. The first-order valence-electron chi connectivity index (χ1n) is 10.6. The fourth-order valence-corrected chi connectivity index (χ4v) is 3.48. The molecule has 0 aliphatic carbocycles. The number of aliphatic carboxylic acids is 1. The SMILES string of the molecule is Cc1ncn(-c2ccc(NC(=O)c3ccc4c(c3)CCNCC4)cc2)c1C.O=C(O)C(F)(F)F. The van der Waals surface area contributed by atoms with E-state index in [4.69, 9.17) is 9.90 Å². The maximum absolute atomic E-state index is 12.7. The number of anilines is 1. The van der Waals surface area contributed by atoms with E-state index >= 15 is 0 Å². The van der Waals surface area contributed by atoms with Crippen molar-refractivity contribution < 1.29 is 27.9 Å². The quantitative estimate of drug-likeness (QED) is 0.532. The average molecular weight is 474 g/mol. The fourth-order valence-electron chi connectivity index (χ4n) is 3.48. The number of alkyl halides is 3. The molecule has 0 fully saturated rings. The number of carboxylic acids is 1. The van der Waals surface area contributed by atoms with Crippen molar-refractivity contribution in [3.8, 4) is 5.69 Å². The highest BCUT2D eigenvalue weighted by molar-refractivity contribution is 6.04. The lowest BCUT2D eigenvalue weighted by atomic mass is 10.00. The minimum atomic E-state index is -5.08. The summed E-state index contributed by atoms with van der Waals surface area (Å²) in [5.41, 5.74) is 7.28. The molecule has 3 aromatic rings. The van der Waals surface area contributed by atoms with Gasteiger partial charge in [0.15, 0.2) is 0 Å². The van der Waals surface area contributed by atoms with Crippen LogP contribution >= 0.6 is 0 Å². The van der Waals surface area contributed by atoms with Gasteiger partial charge in [-0.25, -0.2) is 9.78 Å². The zero-order valence-electron chi connectivity index (χ0n) is 18.7. The molecule has 0 atom stereocenters. The number of nitrogens with one attached hydrogen (secondary N) is 2. The van der Waals surface area contributed by atoms with Crippen molar-refractivity contribution >= 4 is 17.6 Å². The number of aromatic nitrogens is 2. The maximum Gasteiger partial charge on any atom is 0.490 e. The number of amides is 1. The molecule has 0 saturated carbocycles. The summed E-state index contributed by atoms with van der Waals surface area (Å²) < 4.78 is 33.8. The number of carboxylic acid groups (broad SMARTS) is 1. The van der Waals surface area contributed by atoms with Gasteiger partial charge in [0.2, 0.25) is 0 Å². The highest BCUT2D eigenvalue weighted by Gasteiger charge is 2.38. The molecular weight excluding hydrogens is 449 g/mol. The molecule has 34 heavy (non-hydrogen) atoms. The Labute approximate surface area is 194 Å². The van der Waals surface area contributed by atoms with Crippen molar-refractivity contribution in [1.82, 2.24) is 14.9 Å². The summed E-state index contributed by atoms with van der Waals surface area (Å²) in [6.45, 7) is 6.01. The molecule has 2 heterocycles. The van der Waals surface area contributed by atoms with Gasteiger partial charge in [-0.05, 0) is 87.3 Å². The minimum Gasteiger partial charge on any atom is -0.475 e. The number of halogens is 3. The Bertz CT molecular complexity index is 1170. The Balaban J connectivity index is 0.000000406. The average Bonchev–Trinajstić information content (AvgIpc) is 2.99. The highest BCUT2D eigenvalue weighted by Crippen LogP contribution is 2.19. The summed E-state index contributed by atoms with van der Waals surface area (Å²) in [4.78, 5) is 25.9. The van der Waals surface area contributed by atoms with Crippen LogP contribution in [0.15, 0.2) is 48.8 Å². The number of benzene rings is 2. The van der Waals surface area contributed by atoms with Crippen LogP contribution in [0.1, 0.15) is 32.9 Å². The van der Waals surface area contributed by atoms with E-state index in [2.05, 4.69) is 21.7 Å². The van der Waals surface area contributed by atoms with Crippen LogP contribution in [-0.4, -0.2) is 45.8 Å². The Morgan fingerprint density at radius 2 is 1.65 bits per heavy atom. The van der Waals surface area contributed by atoms with Crippen LogP contribution in [0, 0.1) is 13.8 Å². The molecule has 4 rings (SSSR count). The van der Waals surface area contributed by atoms with Gasteiger partial charge in [0.05, 0.1) is 12.0 Å². The predicted molar refractivity (Wildman–Crippen MR) is 121 cm³/mol. The van der Waals surface area contributed by atoms with E-state index < -0.39 is 12.1 Å². The number of carbonyl (C=O) groups excluding carboxylic acids is 1. The molecule has 2 aromatic carbocycles. The largest absolute Gasteiger partial charge is 0.490 e. The van der Waals surface area contributed by atoms with Gasteiger partial charge >= 0.3 is 12.1 Å². The van der Waals surface area contributed by atoms with Gasteiger partial charge in [-0.15, -0.1) is 0 Å². The Morgan fingerprint density at radius 3 is 2.21 bits per heavy atom. The van der Waals surface area contributed by atoms with Gasteiger partial charge in [-0.2, -0.15) is 13.2 Å². The molecule has 180 valence electrons.